The first-order chi connectivity index (χ1) is 17.3. The van der Waals surface area contributed by atoms with Crippen LogP contribution in [0.3, 0.4) is 0 Å². The maximum absolute atomic E-state index is 13.0. The molecule has 8 nitrogen and oxygen atoms in total. The summed E-state index contributed by atoms with van der Waals surface area (Å²) in [5.41, 5.74) is 5.38. The zero-order valence-electron chi connectivity index (χ0n) is 20.3. The van der Waals surface area contributed by atoms with Gasteiger partial charge >= 0.3 is 0 Å². The molecule has 2 fully saturated rings. The minimum absolute atomic E-state index is 0.00626. The van der Waals surface area contributed by atoms with Crippen LogP contribution in [0.25, 0.3) is 22.2 Å². The zero-order valence-corrected chi connectivity index (χ0v) is 21.2. The van der Waals surface area contributed by atoms with Crippen molar-refractivity contribution in [3.8, 4) is 11.1 Å². The van der Waals surface area contributed by atoms with Crippen LogP contribution in [0.1, 0.15) is 55.0 Å². The van der Waals surface area contributed by atoms with Gasteiger partial charge < -0.3 is 14.0 Å². The van der Waals surface area contributed by atoms with E-state index in [1.807, 2.05) is 61.2 Å². The number of carbonyl (C=O) groups excluding carboxylic acids is 1. The fourth-order valence-electron chi connectivity index (χ4n) is 5.76. The van der Waals surface area contributed by atoms with Crippen LogP contribution in [0.5, 0.6) is 0 Å². The first-order valence-electron chi connectivity index (χ1n) is 12.3. The predicted octanol–water partition coefficient (Wildman–Crippen LogP) is 4.93. The maximum atomic E-state index is 13.0. The highest BCUT2D eigenvalue weighted by molar-refractivity contribution is 7.91. The van der Waals surface area contributed by atoms with Crippen LogP contribution in [-0.2, 0) is 14.6 Å². The van der Waals surface area contributed by atoms with Gasteiger partial charge in [0.15, 0.2) is 0 Å². The van der Waals surface area contributed by atoms with Gasteiger partial charge in [0.1, 0.15) is 21.4 Å². The van der Waals surface area contributed by atoms with E-state index in [-0.39, 0.29) is 29.5 Å². The largest absolute Gasteiger partial charge is 0.361 e. The molecule has 9 heteroatoms. The summed E-state index contributed by atoms with van der Waals surface area (Å²) in [7, 11) is -3.02. The van der Waals surface area contributed by atoms with Crippen molar-refractivity contribution in [3.05, 3.63) is 65.8 Å². The molecular formula is C27H28N4O4S. The number of aromatic nitrogens is 3. The van der Waals surface area contributed by atoms with Gasteiger partial charge in [-0.15, -0.1) is 0 Å². The molecule has 6 rings (SSSR count). The minimum atomic E-state index is -3.02. The van der Waals surface area contributed by atoms with E-state index >= 15 is 0 Å². The fourth-order valence-corrected chi connectivity index (χ4v) is 7.23. The molecule has 2 saturated heterocycles. The second kappa shape index (κ2) is 8.58. The molecular weight excluding hydrogens is 476 g/mol. The number of rotatable bonds is 4. The molecule has 0 aliphatic carbocycles. The van der Waals surface area contributed by atoms with Crippen LogP contribution >= 0.6 is 0 Å². The summed E-state index contributed by atoms with van der Waals surface area (Å²) < 4.78 is 32.0. The van der Waals surface area contributed by atoms with E-state index in [0.29, 0.717) is 25.7 Å². The molecule has 0 unspecified atom stereocenters. The van der Waals surface area contributed by atoms with Gasteiger partial charge in [0.2, 0.25) is 5.91 Å². The standard InChI is InChI=1S/C27H28N4O4S/c1-17-26(18(2)35-29-17)19-8-9-23-22(16-19)28-27(31(23)21-12-14-36(33,34)15-13-21)24-10-11-25(32)30(24)20-6-4-3-5-7-20/h3-9,16,21,24H,10-15H2,1-2H3/t24-/m0/s1. The molecule has 1 amide bonds. The predicted molar refractivity (Wildman–Crippen MR) is 138 cm³/mol. The van der Waals surface area contributed by atoms with Crippen molar-refractivity contribution in [2.75, 3.05) is 16.4 Å². The van der Waals surface area contributed by atoms with E-state index in [4.69, 9.17) is 9.51 Å². The number of carbonyl (C=O) groups is 1. The number of fused-ring (bicyclic) bond motifs is 1. The van der Waals surface area contributed by atoms with Crippen molar-refractivity contribution in [2.45, 2.75) is 51.6 Å². The Morgan fingerprint density at radius 2 is 1.75 bits per heavy atom. The van der Waals surface area contributed by atoms with Crippen LogP contribution in [-0.4, -0.2) is 40.5 Å². The van der Waals surface area contributed by atoms with Crippen molar-refractivity contribution in [1.29, 1.82) is 0 Å². The molecule has 2 aromatic carbocycles. The molecule has 2 aliphatic heterocycles. The van der Waals surface area contributed by atoms with Gasteiger partial charge in [0, 0.05) is 23.7 Å². The lowest BCUT2D eigenvalue weighted by molar-refractivity contribution is -0.117. The molecule has 4 aromatic rings. The third kappa shape index (κ3) is 3.82. The lowest BCUT2D eigenvalue weighted by Crippen LogP contribution is -2.31. The third-order valence-electron chi connectivity index (χ3n) is 7.47. The molecule has 36 heavy (non-hydrogen) atoms. The van der Waals surface area contributed by atoms with Gasteiger partial charge in [-0.3, -0.25) is 4.79 Å². The van der Waals surface area contributed by atoms with Crippen LogP contribution < -0.4 is 4.90 Å². The minimum Gasteiger partial charge on any atom is -0.361 e. The van der Waals surface area contributed by atoms with Crippen molar-refractivity contribution in [2.24, 2.45) is 0 Å². The molecule has 4 heterocycles. The van der Waals surface area contributed by atoms with Gasteiger partial charge in [-0.05, 0) is 62.9 Å². The van der Waals surface area contributed by atoms with Gasteiger partial charge in [0.25, 0.3) is 0 Å². The van der Waals surface area contributed by atoms with Crippen molar-refractivity contribution in [1.82, 2.24) is 14.7 Å². The van der Waals surface area contributed by atoms with E-state index in [0.717, 1.165) is 45.1 Å². The topological polar surface area (TPSA) is 98.3 Å². The van der Waals surface area contributed by atoms with Crippen molar-refractivity contribution >= 4 is 32.5 Å². The number of benzene rings is 2. The molecule has 0 N–H and O–H groups in total. The first kappa shape index (κ1) is 23.0. The molecule has 0 saturated carbocycles. The molecule has 2 aliphatic rings. The summed E-state index contributed by atoms with van der Waals surface area (Å²) in [6, 6.07) is 15.6. The Morgan fingerprint density at radius 3 is 2.44 bits per heavy atom. The van der Waals surface area contributed by atoms with Crippen molar-refractivity contribution in [3.63, 3.8) is 0 Å². The average molecular weight is 505 g/mol. The highest BCUT2D eigenvalue weighted by atomic mass is 32.2. The molecule has 0 radical (unpaired) electrons. The smallest absolute Gasteiger partial charge is 0.227 e. The Labute approximate surface area is 209 Å². The number of nitrogens with zero attached hydrogens (tertiary/aromatic N) is 4. The number of imidazole rings is 1. The van der Waals surface area contributed by atoms with Gasteiger partial charge in [-0.1, -0.05) is 29.4 Å². The Kier molecular flexibility index (Phi) is 5.48. The second-order valence-electron chi connectivity index (χ2n) is 9.78. The van der Waals surface area contributed by atoms with Gasteiger partial charge in [-0.2, -0.15) is 0 Å². The first-order valence-corrected chi connectivity index (χ1v) is 14.2. The monoisotopic (exact) mass is 504 g/mol. The number of aryl methyl sites for hydroxylation is 2. The van der Waals surface area contributed by atoms with Crippen LogP contribution in [0.4, 0.5) is 5.69 Å². The number of hydrogen-bond acceptors (Lipinski definition) is 6. The van der Waals surface area contributed by atoms with Crippen molar-refractivity contribution < 1.29 is 17.7 Å². The summed E-state index contributed by atoms with van der Waals surface area (Å²) >= 11 is 0. The van der Waals surface area contributed by atoms with Crippen LogP contribution in [0, 0.1) is 13.8 Å². The lowest BCUT2D eigenvalue weighted by atomic mass is 10.0. The quantitative estimate of drug-likeness (QED) is 0.391. The third-order valence-corrected chi connectivity index (χ3v) is 9.19. The summed E-state index contributed by atoms with van der Waals surface area (Å²) in [5, 5.41) is 4.10. The summed E-state index contributed by atoms with van der Waals surface area (Å²) in [6.07, 6.45) is 2.20. The fraction of sp³-hybridized carbons (Fsp3) is 0.370. The number of para-hydroxylation sites is 1. The molecule has 1 atom stereocenters. The summed E-state index contributed by atoms with van der Waals surface area (Å²) in [5.74, 6) is 1.98. The number of anilines is 1. The van der Waals surface area contributed by atoms with Gasteiger partial charge in [-0.25, -0.2) is 13.4 Å². The average Bonchev–Trinajstić information content (AvgIpc) is 3.53. The molecule has 186 valence electrons. The van der Waals surface area contributed by atoms with E-state index in [1.165, 1.54) is 0 Å². The van der Waals surface area contributed by atoms with E-state index < -0.39 is 9.84 Å². The summed E-state index contributed by atoms with van der Waals surface area (Å²) in [6.45, 7) is 3.82. The number of sulfone groups is 1. The lowest BCUT2D eigenvalue weighted by Gasteiger charge is -2.30. The molecule has 0 spiro atoms. The SMILES string of the molecule is Cc1noc(C)c1-c1ccc2c(c1)nc([C@@H]1CCC(=O)N1c1ccccc1)n2C1CCS(=O)(=O)CC1. The second-order valence-corrected chi connectivity index (χ2v) is 12.1. The Morgan fingerprint density at radius 1 is 1.00 bits per heavy atom. The maximum Gasteiger partial charge on any atom is 0.227 e. The Hall–Kier alpha value is -3.46. The Bertz CT molecular complexity index is 1540. The zero-order chi connectivity index (χ0) is 25.0. The normalized spacial score (nSPS) is 20.4. The highest BCUT2D eigenvalue weighted by Crippen LogP contribution is 2.41. The van der Waals surface area contributed by atoms with E-state index in [1.54, 1.807) is 0 Å². The highest BCUT2D eigenvalue weighted by Gasteiger charge is 2.38. The molecule has 2 aromatic heterocycles. The summed E-state index contributed by atoms with van der Waals surface area (Å²) in [4.78, 5) is 20.0. The van der Waals surface area contributed by atoms with E-state index in [2.05, 4.69) is 15.8 Å². The van der Waals surface area contributed by atoms with E-state index in [9.17, 15) is 13.2 Å². The molecule has 0 bridgehead atoms. The van der Waals surface area contributed by atoms with Crippen LogP contribution in [0.15, 0.2) is 53.1 Å². The number of amides is 1. The number of hydrogen-bond donors (Lipinski definition) is 0. The Balaban J connectivity index is 1.51. The van der Waals surface area contributed by atoms with Gasteiger partial charge in [0.05, 0.1) is 34.3 Å². The van der Waals surface area contributed by atoms with Crippen LogP contribution in [0.2, 0.25) is 0 Å².